The van der Waals surface area contributed by atoms with Crippen LogP contribution in [-0.2, 0) is 10.1 Å². The van der Waals surface area contributed by atoms with Crippen LogP contribution in [0.2, 0.25) is 0 Å². The van der Waals surface area contributed by atoms with Crippen LogP contribution in [0, 0.1) is 0 Å². The molecule has 1 N–H and O–H groups in total. The van der Waals surface area contributed by atoms with Gasteiger partial charge in [0, 0.05) is 5.75 Å². The van der Waals surface area contributed by atoms with E-state index < -0.39 is 22.0 Å². The summed E-state index contributed by atoms with van der Waals surface area (Å²) < 4.78 is 30.0. The van der Waals surface area contributed by atoms with Crippen molar-refractivity contribution in [2.75, 3.05) is 5.75 Å². The average Bonchev–Trinajstić information content (AvgIpc) is 1.81. The van der Waals surface area contributed by atoms with Crippen LogP contribution in [-0.4, -0.2) is 29.9 Å². The van der Waals surface area contributed by atoms with E-state index in [0.717, 1.165) is 0 Å². The Balaban J connectivity index is 0. The third-order valence-corrected chi connectivity index (χ3v) is 1.91. The maximum Gasteiger partial charge on any atom is 1.00 e. The Hall–Kier alpha value is 0.870. The third kappa shape index (κ3) is 10.9. The van der Waals surface area contributed by atoms with E-state index in [-0.39, 0.29) is 36.0 Å². The van der Waals surface area contributed by atoms with E-state index in [1.807, 2.05) is 0 Å². The van der Waals surface area contributed by atoms with Gasteiger partial charge in [0.25, 0.3) is 0 Å². The predicted molar refractivity (Wildman–Crippen MR) is 35.5 cm³/mol. The molecule has 0 aliphatic carbocycles. The number of rotatable bonds is 4. The van der Waals surface area contributed by atoms with Crippen LogP contribution in [0.1, 0.15) is 19.8 Å². The summed E-state index contributed by atoms with van der Waals surface area (Å²) in [6.07, 6.45) is -0.138. The van der Waals surface area contributed by atoms with Crippen molar-refractivity contribution in [3.05, 3.63) is 0 Å². The number of aliphatic hydroxyl groups excluding tert-OH is 1. The maximum atomic E-state index is 9.98. The summed E-state index contributed by atoms with van der Waals surface area (Å²) >= 11 is 0. The normalized spacial score (nSPS) is 13.7. The molecular weight excluding hydrogens is 179 g/mol. The Labute approximate surface area is 89.0 Å². The largest absolute Gasteiger partial charge is 1.00 e. The zero-order valence-electron chi connectivity index (χ0n) is 6.78. The van der Waals surface area contributed by atoms with Crippen LogP contribution in [0.5, 0.6) is 0 Å². The Morgan fingerprint density at radius 1 is 1.55 bits per heavy atom. The molecule has 62 valence electrons. The summed E-state index contributed by atoms with van der Waals surface area (Å²) in [5.74, 6) is -0.470. The molecule has 0 amide bonds. The molecule has 11 heavy (non-hydrogen) atoms. The van der Waals surface area contributed by atoms with Gasteiger partial charge in [0.2, 0.25) is 0 Å². The Bertz CT molecular complexity index is 177. The first-order chi connectivity index (χ1) is 4.45. The van der Waals surface area contributed by atoms with Crippen LogP contribution in [0.3, 0.4) is 0 Å². The fourth-order valence-electron chi connectivity index (χ4n) is 0.484. The van der Waals surface area contributed by atoms with Crippen molar-refractivity contribution in [1.82, 2.24) is 0 Å². The molecule has 0 saturated heterocycles. The maximum absolute atomic E-state index is 9.98. The molecule has 0 fully saturated rings. The Morgan fingerprint density at radius 3 is 2.27 bits per heavy atom. The smallest absolute Gasteiger partial charge is 0.748 e. The van der Waals surface area contributed by atoms with Gasteiger partial charge in [0.1, 0.15) is 0 Å². The van der Waals surface area contributed by atoms with Gasteiger partial charge >= 0.3 is 29.6 Å². The molecule has 6 heteroatoms. The molecule has 4 nitrogen and oxygen atoms in total. The van der Waals surface area contributed by atoms with E-state index in [1.54, 1.807) is 6.92 Å². The average molecular weight is 190 g/mol. The van der Waals surface area contributed by atoms with Gasteiger partial charge in [-0.2, -0.15) is 0 Å². The Kier molecular flexibility index (Phi) is 8.37. The van der Waals surface area contributed by atoms with Crippen LogP contribution in [0.25, 0.3) is 0 Å². The molecule has 0 aromatic heterocycles. The van der Waals surface area contributed by atoms with E-state index in [2.05, 4.69) is 0 Å². The van der Waals surface area contributed by atoms with Crippen molar-refractivity contribution in [3.63, 3.8) is 0 Å². The first-order valence-corrected chi connectivity index (χ1v) is 4.65. The van der Waals surface area contributed by atoms with E-state index in [4.69, 9.17) is 5.11 Å². The van der Waals surface area contributed by atoms with Crippen molar-refractivity contribution in [3.8, 4) is 0 Å². The quantitative estimate of drug-likeness (QED) is 0.372. The number of aliphatic hydroxyl groups is 1. The predicted octanol–water partition coefficient (Wildman–Crippen LogP) is -3.30. The van der Waals surface area contributed by atoms with Gasteiger partial charge < -0.3 is 9.66 Å². The molecule has 1 unspecified atom stereocenters. The monoisotopic (exact) mass is 190 g/mol. The number of hydrogen-bond acceptors (Lipinski definition) is 4. The van der Waals surface area contributed by atoms with Gasteiger partial charge in [-0.3, -0.25) is 0 Å². The Morgan fingerprint density at radius 2 is 2.00 bits per heavy atom. The van der Waals surface area contributed by atoms with Gasteiger partial charge in [-0.05, 0) is 12.8 Å². The van der Waals surface area contributed by atoms with Crippen molar-refractivity contribution in [2.24, 2.45) is 0 Å². The molecule has 0 spiro atoms. The second-order valence-corrected chi connectivity index (χ2v) is 3.64. The zero-order valence-corrected chi connectivity index (χ0v) is 9.60. The molecule has 0 aromatic carbocycles. The van der Waals surface area contributed by atoms with Crippen molar-refractivity contribution in [2.45, 2.75) is 25.9 Å². The fourth-order valence-corrected chi connectivity index (χ4v) is 1.05. The first-order valence-electron chi connectivity index (χ1n) is 3.07. The zero-order chi connectivity index (χ0) is 8.20. The summed E-state index contributed by atoms with van der Waals surface area (Å²) in [6, 6.07) is 0. The van der Waals surface area contributed by atoms with Gasteiger partial charge in [0.05, 0.1) is 16.2 Å². The SMILES string of the molecule is CCC(O)CCS(=O)(=O)[O-].[Na+]. The van der Waals surface area contributed by atoms with Crippen LogP contribution >= 0.6 is 0 Å². The molecule has 0 aromatic rings. The third-order valence-electron chi connectivity index (χ3n) is 1.17. The summed E-state index contributed by atoms with van der Waals surface area (Å²) in [5.41, 5.74) is 0. The standard InChI is InChI=1S/C5H12O4S.Na/c1-2-5(6)3-4-10(7,8)9;/h5-6H,2-4H2,1H3,(H,7,8,9);/q;+1/p-1. The van der Waals surface area contributed by atoms with E-state index in [1.165, 1.54) is 0 Å². The molecule has 1 atom stereocenters. The van der Waals surface area contributed by atoms with E-state index in [9.17, 15) is 13.0 Å². The molecule has 0 heterocycles. The van der Waals surface area contributed by atoms with Crippen LogP contribution < -0.4 is 29.6 Å². The van der Waals surface area contributed by atoms with Gasteiger partial charge in [-0.25, -0.2) is 8.42 Å². The van der Waals surface area contributed by atoms with Crippen LogP contribution in [0.4, 0.5) is 0 Å². The van der Waals surface area contributed by atoms with Gasteiger partial charge in [-0.1, -0.05) is 6.92 Å². The fraction of sp³-hybridized carbons (Fsp3) is 1.00. The molecule has 0 bridgehead atoms. The number of hydrogen-bond donors (Lipinski definition) is 1. The minimum absolute atomic E-state index is 0. The molecule has 0 saturated carbocycles. The van der Waals surface area contributed by atoms with E-state index >= 15 is 0 Å². The summed E-state index contributed by atoms with van der Waals surface area (Å²) in [4.78, 5) is 0. The van der Waals surface area contributed by atoms with Crippen molar-refractivity contribution >= 4 is 10.1 Å². The molecule has 0 radical (unpaired) electrons. The molecular formula is C5H11NaO4S. The molecule has 0 rings (SSSR count). The van der Waals surface area contributed by atoms with Crippen molar-refractivity contribution in [1.29, 1.82) is 0 Å². The minimum Gasteiger partial charge on any atom is -0.748 e. The topological polar surface area (TPSA) is 77.4 Å². The van der Waals surface area contributed by atoms with Crippen molar-refractivity contribution < 1.29 is 47.6 Å². The summed E-state index contributed by atoms with van der Waals surface area (Å²) in [6.45, 7) is 1.72. The first kappa shape index (κ1) is 14.4. The second kappa shape index (κ2) is 6.39. The summed E-state index contributed by atoms with van der Waals surface area (Å²) in [5, 5.41) is 8.82. The molecule has 0 aliphatic heterocycles. The van der Waals surface area contributed by atoms with Gasteiger partial charge in [0.15, 0.2) is 0 Å². The summed E-state index contributed by atoms with van der Waals surface area (Å²) in [7, 11) is -4.14. The van der Waals surface area contributed by atoms with E-state index in [0.29, 0.717) is 6.42 Å². The molecule has 0 aliphatic rings. The minimum atomic E-state index is -4.14. The van der Waals surface area contributed by atoms with Gasteiger partial charge in [-0.15, -0.1) is 0 Å². The van der Waals surface area contributed by atoms with Crippen LogP contribution in [0.15, 0.2) is 0 Å². The second-order valence-electron chi connectivity index (χ2n) is 2.11.